The topological polar surface area (TPSA) is 140 Å². The summed E-state index contributed by atoms with van der Waals surface area (Å²) in [6.45, 7) is -0.433. The molecule has 4 N–H and O–H groups in total. The van der Waals surface area contributed by atoms with Crippen LogP contribution in [0.2, 0.25) is 0 Å². The summed E-state index contributed by atoms with van der Waals surface area (Å²) in [4.78, 5) is 24.7. The largest absolute Gasteiger partial charge is 0.481 e. The summed E-state index contributed by atoms with van der Waals surface area (Å²) in [6.07, 6.45) is 3.31. The van der Waals surface area contributed by atoms with Crippen LogP contribution in [0.15, 0.2) is 59.5 Å². The van der Waals surface area contributed by atoms with E-state index < -0.39 is 42.5 Å². The molecule has 0 atom stereocenters. The highest BCUT2D eigenvalue weighted by atomic mass is 16.5. The number of aromatic amines is 1. The van der Waals surface area contributed by atoms with Crippen molar-refractivity contribution in [3.05, 3.63) is 76.7 Å². The number of nitrogen functional groups attached to an aromatic ring is 1. The van der Waals surface area contributed by atoms with Gasteiger partial charge in [0, 0.05) is 31.1 Å². The van der Waals surface area contributed by atoms with Crippen molar-refractivity contribution < 1.29 is 21.7 Å². The van der Waals surface area contributed by atoms with Crippen molar-refractivity contribution in [2.75, 3.05) is 12.8 Å². The molecule has 0 saturated carbocycles. The second kappa shape index (κ2) is 8.45. The molecule has 0 aliphatic carbocycles. The standard InChI is InChI=1S/C23H22N8O3/c1-29-9-8-25-17(29)12-30-23(33)31-21(28-30)19(15-10-16(13-32)26-18(11-15)34-2)20(27-22(31)24)14-6-4-3-5-7-14/h3-11,32H,12-13H2,1-2H3,(H2,24,27)/p+1/i3D,4D,5D,6D,7D. The lowest BCUT2D eigenvalue weighted by atomic mass is 10.00. The number of fused-ring (bicyclic) bond motifs is 1. The number of anilines is 1. The number of aromatic nitrogens is 7. The third kappa shape index (κ3) is 3.57. The Kier molecular flexibility index (Phi) is 4.01. The number of aliphatic hydroxyl groups is 1. The zero-order valence-corrected chi connectivity index (χ0v) is 18.2. The Hall–Kier alpha value is -4.51. The summed E-state index contributed by atoms with van der Waals surface area (Å²) in [5, 5.41) is 14.3. The minimum Gasteiger partial charge on any atom is -0.481 e. The average Bonchev–Trinajstić information content (AvgIpc) is 3.48. The molecule has 0 unspecified atom stereocenters. The number of benzene rings is 1. The van der Waals surface area contributed by atoms with Gasteiger partial charge in [0.15, 0.2) is 0 Å². The van der Waals surface area contributed by atoms with Crippen molar-refractivity contribution in [2.24, 2.45) is 7.05 Å². The number of hydrogen-bond acceptors (Lipinski definition) is 7. The second-order valence-corrected chi connectivity index (χ2v) is 7.36. The maximum absolute atomic E-state index is 13.4. The highest BCUT2D eigenvalue weighted by Crippen LogP contribution is 2.34. The van der Waals surface area contributed by atoms with E-state index in [2.05, 4.69) is 20.1 Å². The third-order valence-electron chi connectivity index (χ3n) is 5.28. The number of rotatable bonds is 6. The lowest BCUT2D eigenvalue weighted by molar-refractivity contribution is -0.351. The zero-order chi connectivity index (χ0) is 28.2. The first-order valence-corrected chi connectivity index (χ1v) is 10.1. The first-order valence-electron chi connectivity index (χ1n) is 12.6. The van der Waals surface area contributed by atoms with E-state index in [4.69, 9.17) is 17.3 Å². The molecule has 0 amide bonds. The third-order valence-corrected chi connectivity index (χ3v) is 5.28. The number of H-pyrrole nitrogens is 1. The molecular weight excluding hydrogens is 436 g/mol. The quantitative estimate of drug-likeness (QED) is 0.381. The van der Waals surface area contributed by atoms with Crippen LogP contribution in [0.5, 0.6) is 5.88 Å². The fourth-order valence-corrected chi connectivity index (χ4v) is 3.66. The van der Waals surface area contributed by atoms with E-state index in [9.17, 15) is 9.90 Å². The van der Waals surface area contributed by atoms with Crippen LogP contribution in [0.4, 0.5) is 5.95 Å². The Labute approximate surface area is 200 Å². The Balaban J connectivity index is 1.93. The molecule has 0 saturated heterocycles. The first-order chi connectivity index (χ1) is 18.6. The van der Waals surface area contributed by atoms with Crippen LogP contribution >= 0.6 is 0 Å². The van der Waals surface area contributed by atoms with Crippen LogP contribution in [-0.2, 0) is 20.2 Å². The van der Waals surface area contributed by atoms with Crippen molar-refractivity contribution in [3.8, 4) is 28.3 Å². The molecule has 34 heavy (non-hydrogen) atoms. The van der Waals surface area contributed by atoms with E-state index >= 15 is 0 Å². The molecule has 0 spiro atoms. The predicted octanol–water partition coefficient (Wildman–Crippen LogP) is 0.904. The van der Waals surface area contributed by atoms with Crippen LogP contribution in [-0.4, -0.2) is 40.9 Å². The highest BCUT2D eigenvalue weighted by Gasteiger charge is 2.26. The Morgan fingerprint density at radius 2 is 2.03 bits per heavy atom. The molecular formula is C23H23N8O3+. The molecule has 11 nitrogen and oxygen atoms in total. The van der Waals surface area contributed by atoms with E-state index in [1.807, 2.05) is 0 Å². The summed E-state index contributed by atoms with van der Waals surface area (Å²) in [5.74, 6) is 0.493. The van der Waals surface area contributed by atoms with Gasteiger partial charge in [0.1, 0.15) is 18.1 Å². The van der Waals surface area contributed by atoms with Gasteiger partial charge in [-0.25, -0.2) is 19.7 Å². The Morgan fingerprint density at radius 3 is 2.71 bits per heavy atom. The van der Waals surface area contributed by atoms with Crippen LogP contribution in [0.3, 0.4) is 0 Å². The maximum Gasteiger partial charge on any atom is 0.411 e. The van der Waals surface area contributed by atoms with Crippen molar-refractivity contribution in [1.29, 1.82) is 0 Å². The number of aliphatic hydroxyl groups excluding tert-OH is 1. The molecule has 0 bridgehead atoms. The Bertz CT molecular complexity index is 1780. The number of nitrogens with one attached hydrogen (secondary N) is 1. The fourth-order valence-electron chi connectivity index (χ4n) is 3.66. The monoisotopic (exact) mass is 464 g/mol. The molecule has 5 aromatic rings. The van der Waals surface area contributed by atoms with Crippen molar-refractivity contribution >= 4 is 11.6 Å². The van der Waals surface area contributed by atoms with Gasteiger partial charge in [0.25, 0.3) is 0 Å². The number of aryl methyl sites for hydroxylation is 1. The highest BCUT2D eigenvalue weighted by molar-refractivity contribution is 5.89. The van der Waals surface area contributed by atoms with E-state index in [-0.39, 0.29) is 46.5 Å². The number of methoxy groups -OCH3 is 1. The smallest absolute Gasteiger partial charge is 0.411 e. The molecule has 1 aromatic carbocycles. The Morgan fingerprint density at radius 1 is 1.24 bits per heavy atom. The lowest BCUT2D eigenvalue weighted by Gasteiger charge is -2.11. The van der Waals surface area contributed by atoms with Crippen LogP contribution in [0.25, 0.3) is 28.0 Å². The minimum atomic E-state index is -0.598. The van der Waals surface area contributed by atoms with Gasteiger partial charge in [0.2, 0.25) is 11.5 Å². The first kappa shape index (κ1) is 16.2. The van der Waals surface area contributed by atoms with Crippen molar-refractivity contribution in [3.63, 3.8) is 0 Å². The number of imidazole rings is 1. The average molecular weight is 465 g/mol. The number of ether oxygens (including phenoxy) is 1. The SMILES string of the molecule is [2H]c1c([2H])c([2H])c(-c2[nH+]c(N)n3c(=O)n(Cc4nccn4C)nc3c2-c2cc(CO)nc(OC)c2)c([2H])c1[2H]. The van der Waals surface area contributed by atoms with Crippen LogP contribution in [0.1, 0.15) is 18.4 Å². The summed E-state index contributed by atoms with van der Waals surface area (Å²) in [5.41, 5.74) is 6.28. The van der Waals surface area contributed by atoms with Gasteiger partial charge in [-0.1, -0.05) is 30.2 Å². The minimum absolute atomic E-state index is 0.00838. The fraction of sp³-hybridized carbons (Fsp3) is 0.174. The molecule has 0 aliphatic heterocycles. The molecule has 11 heteroatoms. The zero-order valence-electron chi connectivity index (χ0n) is 23.2. The summed E-state index contributed by atoms with van der Waals surface area (Å²) < 4.78 is 50.7. The van der Waals surface area contributed by atoms with Gasteiger partial charge in [-0.2, -0.15) is 4.68 Å². The van der Waals surface area contributed by atoms with Crippen molar-refractivity contribution in [2.45, 2.75) is 13.2 Å². The molecule has 0 radical (unpaired) electrons. The maximum atomic E-state index is 13.4. The number of hydrogen-bond donors (Lipinski definition) is 2. The predicted molar refractivity (Wildman–Crippen MR) is 124 cm³/mol. The van der Waals surface area contributed by atoms with Gasteiger partial charge < -0.3 is 14.4 Å². The molecule has 4 heterocycles. The van der Waals surface area contributed by atoms with Gasteiger partial charge >= 0.3 is 11.6 Å². The number of nitrogens with two attached hydrogens (primary N) is 1. The normalized spacial score (nSPS) is 13.3. The molecule has 0 aliphatic rings. The molecule has 5 rings (SSSR count). The van der Waals surface area contributed by atoms with E-state index in [0.29, 0.717) is 11.4 Å². The van der Waals surface area contributed by atoms with Gasteiger partial charge in [-0.3, -0.25) is 5.73 Å². The summed E-state index contributed by atoms with van der Waals surface area (Å²) in [6, 6.07) is 0.395. The number of pyridine rings is 1. The van der Waals surface area contributed by atoms with Gasteiger partial charge in [-0.05, 0) is 11.6 Å². The molecule has 4 aromatic heterocycles. The van der Waals surface area contributed by atoms with Crippen LogP contribution < -0.4 is 21.1 Å². The second-order valence-electron chi connectivity index (χ2n) is 7.36. The van der Waals surface area contributed by atoms with E-state index in [1.54, 1.807) is 24.0 Å². The van der Waals surface area contributed by atoms with Gasteiger partial charge in [-0.15, -0.1) is 9.50 Å². The summed E-state index contributed by atoms with van der Waals surface area (Å²) in [7, 11) is 3.16. The lowest BCUT2D eigenvalue weighted by Crippen LogP contribution is -2.28. The van der Waals surface area contributed by atoms with E-state index in [1.165, 1.54) is 19.2 Å². The summed E-state index contributed by atoms with van der Waals surface area (Å²) >= 11 is 0. The molecule has 0 fully saturated rings. The van der Waals surface area contributed by atoms with E-state index in [0.717, 1.165) is 9.08 Å². The van der Waals surface area contributed by atoms with Gasteiger partial charge in [0.05, 0.1) is 31.8 Å². The molecule has 172 valence electrons. The number of nitrogens with zero attached hydrogens (tertiary/aromatic N) is 6. The van der Waals surface area contributed by atoms with Crippen molar-refractivity contribution in [1.82, 2.24) is 28.7 Å². The van der Waals surface area contributed by atoms with Crippen LogP contribution in [0, 0.1) is 0 Å².